The summed E-state index contributed by atoms with van der Waals surface area (Å²) in [7, 11) is 1.80. The summed E-state index contributed by atoms with van der Waals surface area (Å²) in [6, 6.07) is 18.8. The molecule has 1 saturated heterocycles. The van der Waals surface area contributed by atoms with Crippen molar-refractivity contribution in [3.8, 4) is 0 Å². The number of hydrogen-bond donors (Lipinski definition) is 3. The second-order valence-corrected chi connectivity index (χ2v) is 7.68. The number of hydrogen-bond acceptors (Lipinski definition) is 3. The standard InChI is InChI=1S/C23H31N5O.HI/c1-17(2)22(29)26-19-11-9-18(10-12-19)15-25-23(24-3)27-20-13-14-28(16-20)21-7-5-4-6-8-21;/h4-12,17,20H,13-16H2,1-3H3,(H,26,29)(H2,24,25,27);1H. The van der Waals surface area contributed by atoms with E-state index in [-0.39, 0.29) is 35.8 Å². The summed E-state index contributed by atoms with van der Waals surface area (Å²) in [5.41, 5.74) is 3.22. The molecule has 2 aromatic rings. The highest BCUT2D eigenvalue weighted by Gasteiger charge is 2.23. The van der Waals surface area contributed by atoms with E-state index in [1.165, 1.54) is 5.69 Å². The zero-order chi connectivity index (χ0) is 20.6. The highest BCUT2D eigenvalue weighted by molar-refractivity contribution is 14.0. The third-order valence-electron chi connectivity index (χ3n) is 5.08. The van der Waals surface area contributed by atoms with Gasteiger partial charge < -0.3 is 20.9 Å². The van der Waals surface area contributed by atoms with Gasteiger partial charge in [-0.2, -0.15) is 0 Å². The molecule has 1 unspecified atom stereocenters. The molecule has 3 N–H and O–H groups in total. The fourth-order valence-corrected chi connectivity index (χ4v) is 3.32. The Bertz CT molecular complexity index is 823. The van der Waals surface area contributed by atoms with Crippen molar-refractivity contribution < 1.29 is 4.79 Å². The van der Waals surface area contributed by atoms with Gasteiger partial charge in [0.1, 0.15) is 0 Å². The van der Waals surface area contributed by atoms with Crippen LogP contribution in [0.5, 0.6) is 0 Å². The van der Waals surface area contributed by atoms with Crippen molar-refractivity contribution in [1.82, 2.24) is 10.6 Å². The van der Waals surface area contributed by atoms with Crippen molar-refractivity contribution in [1.29, 1.82) is 0 Å². The SMILES string of the molecule is CN=C(NCc1ccc(NC(=O)C(C)C)cc1)NC1CCN(c2ccccc2)C1.I. The largest absolute Gasteiger partial charge is 0.369 e. The van der Waals surface area contributed by atoms with Gasteiger partial charge in [-0.05, 0) is 36.2 Å². The average molecular weight is 521 g/mol. The molecule has 162 valence electrons. The molecule has 1 heterocycles. The fourth-order valence-electron chi connectivity index (χ4n) is 3.32. The van der Waals surface area contributed by atoms with Gasteiger partial charge >= 0.3 is 0 Å². The van der Waals surface area contributed by atoms with Crippen LogP contribution in [0.25, 0.3) is 0 Å². The van der Waals surface area contributed by atoms with Crippen molar-refractivity contribution in [3.05, 3.63) is 60.2 Å². The van der Waals surface area contributed by atoms with E-state index in [4.69, 9.17) is 0 Å². The molecule has 7 heteroatoms. The van der Waals surface area contributed by atoms with E-state index < -0.39 is 0 Å². The molecule has 0 aromatic heterocycles. The normalized spacial score (nSPS) is 16.2. The highest BCUT2D eigenvalue weighted by atomic mass is 127. The molecular formula is C23H32IN5O. The molecule has 3 rings (SSSR count). The third-order valence-corrected chi connectivity index (χ3v) is 5.08. The third kappa shape index (κ3) is 6.90. The lowest BCUT2D eigenvalue weighted by molar-refractivity contribution is -0.118. The van der Waals surface area contributed by atoms with Gasteiger partial charge in [0.05, 0.1) is 0 Å². The number of aliphatic imine (C=N–C) groups is 1. The Balaban J connectivity index is 0.00000320. The van der Waals surface area contributed by atoms with Crippen molar-refractivity contribution in [3.63, 3.8) is 0 Å². The minimum absolute atomic E-state index is 0. The Labute approximate surface area is 196 Å². The second-order valence-electron chi connectivity index (χ2n) is 7.68. The first-order chi connectivity index (χ1) is 14.0. The molecule has 1 amide bonds. The quantitative estimate of drug-likeness (QED) is 0.307. The number of nitrogens with zero attached hydrogens (tertiary/aromatic N) is 2. The minimum Gasteiger partial charge on any atom is -0.369 e. The number of carbonyl (C=O) groups is 1. The van der Waals surface area contributed by atoms with E-state index in [9.17, 15) is 4.79 Å². The predicted molar refractivity (Wildman–Crippen MR) is 136 cm³/mol. The number of nitrogens with one attached hydrogen (secondary N) is 3. The van der Waals surface area contributed by atoms with E-state index in [1.807, 2.05) is 44.2 Å². The smallest absolute Gasteiger partial charge is 0.226 e. The molecule has 1 aliphatic heterocycles. The van der Waals surface area contributed by atoms with Crippen molar-refractivity contribution in [2.24, 2.45) is 10.9 Å². The lowest BCUT2D eigenvalue weighted by atomic mass is 10.1. The number of benzene rings is 2. The Morgan fingerprint density at radius 3 is 2.47 bits per heavy atom. The van der Waals surface area contributed by atoms with Crippen LogP contribution in [0.15, 0.2) is 59.6 Å². The molecule has 6 nitrogen and oxygen atoms in total. The van der Waals surface area contributed by atoms with Gasteiger partial charge in [0.2, 0.25) is 5.91 Å². The molecule has 0 saturated carbocycles. The van der Waals surface area contributed by atoms with Crippen LogP contribution in [0.2, 0.25) is 0 Å². The zero-order valence-corrected chi connectivity index (χ0v) is 20.2. The Kier molecular flexibility index (Phi) is 9.42. The summed E-state index contributed by atoms with van der Waals surface area (Å²) in [6.07, 6.45) is 1.08. The predicted octanol–water partition coefficient (Wildman–Crippen LogP) is 3.84. The van der Waals surface area contributed by atoms with Crippen LogP contribution in [-0.4, -0.2) is 38.0 Å². The monoisotopic (exact) mass is 521 g/mol. The molecule has 1 atom stereocenters. The first-order valence-electron chi connectivity index (χ1n) is 10.2. The zero-order valence-electron chi connectivity index (χ0n) is 17.9. The van der Waals surface area contributed by atoms with E-state index >= 15 is 0 Å². The van der Waals surface area contributed by atoms with Crippen molar-refractivity contribution >= 4 is 47.2 Å². The number of rotatable bonds is 6. The Hall–Kier alpha value is -2.29. The van der Waals surface area contributed by atoms with Crippen molar-refractivity contribution in [2.45, 2.75) is 32.9 Å². The van der Waals surface area contributed by atoms with Crippen LogP contribution in [0.3, 0.4) is 0 Å². The number of amides is 1. The first-order valence-corrected chi connectivity index (χ1v) is 10.2. The molecule has 30 heavy (non-hydrogen) atoms. The molecule has 1 fully saturated rings. The van der Waals surface area contributed by atoms with Crippen LogP contribution < -0.4 is 20.9 Å². The maximum Gasteiger partial charge on any atom is 0.226 e. The van der Waals surface area contributed by atoms with Gasteiger partial charge in [0, 0.05) is 50.0 Å². The minimum atomic E-state index is -0.0286. The molecule has 0 radical (unpaired) electrons. The molecule has 0 aliphatic carbocycles. The van der Waals surface area contributed by atoms with Gasteiger partial charge in [0.25, 0.3) is 0 Å². The van der Waals surface area contributed by atoms with Crippen LogP contribution in [0.1, 0.15) is 25.8 Å². The van der Waals surface area contributed by atoms with Gasteiger partial charge in [-0.1, -0.05) is 44.2 Å². The Morgan fingerprint density at radius 1 is 1.13 bits per heavy atom. The summed E-state index contributed by atoms with van der Waals surface area (Å²) in [5.74, 6) is 0.808. The van der Waals surface area contributed by atoms with Crippen LogP contribution >= 0.6 is 24.0 Å². The number of para-hydroxylation sites is 1. The topological polar surface area (TPSA) is 68.8 Å². The van der Waals surface area contributed by atoms with E-state index in [2.05, 4.69) is 50.1 Å². The van der Waals surface area contributed by atoms with Gasteiger partial charge in [-0.3, -0.25) is 9.79 Å². The number of guanidine groups is 1. The Morgan fingerprint density at radius 2 is 1.83 bits per heavy atom. The van der Waals surface area contributed by atoms with E-state index in [0.29, 0.717) is 12.6 Å². The summed E-state index contributed by atoms with van der Waals surface area (Å²) >= 11 is 0. The van der Waals surface area contributed by atoms with Crippen LogP contribution in [-0.2, 0) is 11.3 Å². The molecule has 0 bridgehead atoms. The molecule has 0 spiro atoms. The lowest BCUT2D eigenvalue weighted by Crippen LogP contribution is -2.44. The summed E-state index contributed by atoms with van der Waals surface area (Å²) < 4.78 is 0. The molecule has 1 aliphatic rings. The first kappa shape index (κ1) is 24.0. The summed E-state index contributed by atoms with van der Waals surface area (Å²) in [4.78, 5) is 18.5. The van der Waals surface area contributed by atoms with E-state index in [0.717, 1.165) is 36.7 Å². The van der Waals surface area contributed by atoms with Crippen molar-refractivity contribution in [2.75, 3.05) is 30.4 Å². The van der Waals surface area contributed by atoms with Gasteiger partial charge in [0.15, 0.2) is 5.96 Å². The summed E-state index contributed by atoms with van der Waals surface area (Å²) in [6.45, 7) is 6.45. The number of halogens is 1. The lowest BCUT2D eigenvalue weighted by Gasteiger charge is -2.20. The molecular weight excluding hydrogens is 489 g/mol. The maximum absolute atomic E-state index is 11.8. The molecule has 2 aromatic carbocycles. The van der Waals surface area contributed by atoms with E-state index in [1.54, 1.807) is 7.05 Å². The maximum atomic E-state index is 11.8. The van der Waals surface area contributed by atoms with Crippen LogP contribution in [0, 0.1) is 5.92 Å². The number of carbonyl (C=O) groups excluding carboxylic acids is 1. The number of anilines is 2. The van der Waals surface area contributed by atoms with Crippen LogP contribution in [0.4, 0.5) is 11.4 Å². The van der Waals surface area contributed by atoms with Gasteiger partial charge in [-0.15, -0.1) is 24.0 Å². The average Bonchev–Trinajstić information content (AvgIpc) is 3.21. The summed E-state index contributed by atoms with van der Waals surface area (Å²) in [5, 5.41) is 9.81. The fraction of sp³-hybridized carbons (Fsp3) is 0.391. The highest BCUT2D eigenvalue weighted by Crippen LogP contribution is 2.19. The van der Waals surface area contributed by atoms with Gasteiger partial charge in [-0.25, -0.2) is 0 Å². The second kappa shape index (κ2) is 11.8.